The number of benzene rings is 1. The quantitative estimate of drug-likeness (QED) is 0.850. The lowest BCUT2D eigenvalue weighted by Crippen LogP contribution is -2.29. The Bertz CT molecular complexity index is 386. The third-order valence-electron chi connectivity index (χ3n) is 2.05. The molecule has 0 aliphatic heterocycles. The fourth-order valence-corrected chi connectivity index (χ4v) is 1.49. The van der Waals surface area contributed by atoms with Crippen LogP contribution in [0.1, 0.15) is 17.3 Å². The van der Waals surface area contributed by atoms with Gasteiger partial charge in [-0.2, -0.15) is 0 Å². The van der Waals surface area contributed by atoms with Crippen molar-refractivity contribution < 1.29 is 9.18 Å². The first kappa shape index (κ1) is 13.5. The smallest absolute Gasteiger partial charge is 0.254 e. The van der Waals surface area contributed by atoms with Gasteiger partial charge in [0.1, 0.15) is 5.82 Å². The second kappa shape index (κ2) is 6.21. The topological polar surface area (TPSA) is 29.1 Å². The van der Waals surface area contributed by atoms with Gasteiger partial charge in [-0.05, 0) is 24.1 Å². The third-order valence-corrected chi connectivity index (χ3v) is 3.39. The molecule has 1 atom stereocenters. The number of hydrogen-bond acceptors (Lipinski definition) is 1. The van der Waals surface area contributed by atoms with Gasteiger partial charge in [0.25, 0.3) is 5.91 Å². The van der Waals surface area contributed by atoms with Crippen LogP contribution in [0.25, 0.3) is 0 Å². The normalized spacial score (nSPS) is 12.2. The van der Waals surface area contributed by atoms with E-state index in [0.717, 1.165) is 5.33 Å². The second-order valence-electron chi connectivity index (χ2n) is 3.59. The molecule has 1 unspecified atom stereocenters. The fraction of sp³-hybridized carbons (Fsp3) is 0.364. The van der Waals surface area contributed by atoms with Gasteiger partial charge in [0.05, 0.1) is 5.56 Å². The fourth-order valence-electron chi connectivity index (χ4n) is 1.09. The monoisotopic (exact) mass is 307 g/mol. The Balaban J connectivity index is 2.69. The summed E-state index contributed by atoms with van der Waals surface area (Å²) in [5.74, 6) is -0.701. The molecule has 1 rings (SSSR count). The molecule has 1 amide bonds. The molecule has 1 N–H and O–H groups in total. The first-order chi connectivity index (χ1) is 7.54. The summed E-state index contributed by atoms with van der Waals surface area (Å²) >= 11 is 9.00. The van der Waals surface area contributed by atoms with Crippen LogP contribution in [-0.4, -0.2) is 17.8 Å². The van der Waals surface area contributed by atoms with E-state index in [0.29, 0.717) is 17.5 Å². The van der Waals surface area contributed by atoms with E-state index in [4.69, 9.17) is 11.6 Å². The highest BCUT2D eigenvalue weighted by molar-refractivity contribution is 9.09. The minimum absolute atomic E-state index is 0.0192. The van der Waals surface area contributed by atoms with Gasteiger partial charge in [0, 0.05) is 16.9 Å². The molecule has 0 aromatic heterocycles. The average molecular weight is 309 g/mol. The highest BCUT2D eigenvalue weighted by Crippen LogP contribution is 2.14. The number of nitrogens with one attached hydrogen (secondary N) is 1. The van der Waals surface area contributed by atoms with Crippen LogP contribution in [0.5, 0.6) is 0 Å². The maximum atomic E-state index is 13.3. The van der Waals surface area contributed by atoms with Crippen molar-refractivity contribution in [3.8, 4) is 0 Å². The van der Waals surface area contributed by atoms with Crippen molar-refractivity contribution in [2.75, 3.05) is 11.9 Å². The van der Waals surface area contributed by atoms with Crippen LogP contribution in [0.3, 0.4) is 0 Å². The summed E-state index contributed by atoms with van der Waals surface area (Å²) in [5.41, 5.74) is -0.0192. The molecule has 0 aliphatic rings. The Labute approximate surface area is 107 Å². The zero-order valence-corrected chi connectivity index (χ0v) is 11.1. The zero-order chi connectivity index (χ0) is 12.1. The molecule has 88 valence electrons. The van der Waals surface area contributed by atoms with Gasteiger partial charge in [-0.15, -0.1) is 0 Å². The standard InChI is InChI=1S/C11H12BrClFNO/c1-7(5-12)6-15-11(16)9-4-8(13)2-3-10(9)14/h2-4,7H,5-6H2,1H3,(H,15,16). The zero-order valence-electron chi connectivity index (χ0n) is 8.77. The molecule has 2 nitrogen and oxygen atoms in total. The average Bonchev–Trinajstić information content (AvgIpc) is 2.28. The second-order valence-corrected chi connectivity index (χ2v) is 4.68. The van der Waals surface area contributed by atoms with Crippen LogP contribution >= 0.6 is 27.5 Å². The van der Waals surface area contributed by atoms with Crippen molar-refractivity contribution in [2.24, 2.45) is 5.92 Å². The Hall–Kier alpha value is -0.610. The summed E-state index contributed by atoms with van der Waals surface area (Å²) in [7, 11) is 0. The lowest BCUT2D eigenvalue weighted by atomic mass is 10.2. The van der Waals surface area contributed by atoms with Gasteiger partial charge in [-0.3, -0.25) is 4.79 Å². The van der Waals surface area contributed by atoms with Crippen molar-refractivity contribution in [3.05, 3.63) is 34.6 Å². The highest BCUT2D eigenvalue weighted by atomic mass is 79.9. The number of amides is 1. The SMILES string of the molecule is CC(CBr)CNC(=O)c1cc(Cl)ccc1F. The van der Waals surface area contributed by atoms with Gasteiger partial charge in [0.15, 0.2) is 0 Å². The molecule has 0 bridgehead atoms. The summed E-state index contributed by atoms with van der Waals surface area (Å²) < 4.78 is 13.3. The predicted octanol–water partition coefficient (Wildman–Crippen LogP) is 3.24. The Morgan fingerprint density at radius 1 is 1.62 bits per heavy atom. The molecule has 1 aromatic rings. The Morgan fingerprint density at radius 3 is 2.94 bits per heavy atom. The van der Waals surface area contributed by atoms with Crippen LogP contribution in [0, 0.1) is 11.7 Å². The molecule has 0 saturated heterocycles. The lowest BCUT2D eigenvalue weighted by Gasteiger charge is -2.10. The molecule has 0 aliphatic carbocycles. The first-order valence-corrected chi connectivity index (χ1v) is 6.33. The van der Waals surface area contributed by atoms with Crippen molar-refractivity contribution >= 4 is 33.4 Å². The molecule has 5 heteroatoms. The highest BCUT2D eigenvalue weighted by Gasteiger charge is 2.12. The van der Waals surface area contributed by atoms with E-state index in [-0.39, 0.29) is 5.56 Å². The van der Waals surface area contributed by atoms with Gasteiger partial charge in [-0.1, -0.05) is 34.5 Å². The third kappa shape index (κ3) is 3.76. The minimum Gasteiger partial charge on any atom is -0.352 e. The molecule has 0 radical (unpaired) electrons. The maximum absolute atomic E-state index is 13.3. The lowest BCUT2D eigenvalue weighted by molar-refractivity contribution is 0.0945. The number of carbonyl (C=O) groups is 1. The van der Waals surface area contributed by atoms with E-state index in [1.54, 1.807) is 0 Å². The number of alkyl halides is 1. The first-order valence-electron chi connectivity index (χ1n) is 4.83. The maximum Gasteiger partial charge on any atom is 0.254 e. The molecule has 16 heavy (non-hydrogen) atoms. The Morgan fingerprint density at radius 2 is 2.31 bits per heavy atom. The van der Waals surface area contributed by atoms with E-state index in [2.05, 4.69) is 21.2 Å². The number of rotatable bonds is 4. The number of carbonyl (C=O) groups excluding carboxylic acids is 1. The molecule has 0 heterocycles. The van der Waals surface area contributed by atoms with Crippen LogP contribution in [-0.2, 0) is 0 Å². The van der Waals surface area contributed by atoms with E-state index >= 15 is 0 Å². The van der Waals surface area contributed by atoms with E-state index < -0.39 is 11.7 Å². The van der Waals surface area contributed by atoms with Crippen molar-refractivity contribution in [3.63, 3.8) is 0 Å². The van der Waals surface area contributed by atoms with Gasteiger partial charge in [0.2, 0.25) is 0 Å². The molecule has 0 saturated carbocycles. The Kier molecular flexibility index (Phi) is 5.22. The summed E-state index contributed by atoms with van der Waals surface area (Å²) in [6.45, 7) is 2.47. The summed E-state index contributed by atoms with van der Waals surface area (Å²) in [5, 5.41) is 3.78. The molecule has 1 aromatic carbocycles. The van der Waals surface area contributed by atoms with Gasteiger partial charge >= 0.3 is 0 Å². The summed E-state index contributed by atoms with van der Waals surface area (Å²) in [6.07, 6.45) is 0. The van der Waals surface area contributed by atoms with Crippen molar-refractivity contribution in [1.82, 2.24) is 5.32 Å². The minimum atomic E-state index is -0.562. The van der Waals surface area contributed by atoms with Crippen LogP contribution in [0.15, 0.2) is 18.2 Å². The summed E-state index contributed by atoms with van der Waals surface area (Å²) in [6, 6.07) is 3.92. The molecular weight excluding hydrogens is 296 g/mol. The molecular formula is C11H12BrClFNO. The van der Waals surface area contributed by atoms with Crippen LogP contribution in [0.2, 0.25) is 5.02 Å². The van der Waals surface area contributed by atoms with Gasteiger partial charge in [-0.25, -0.2) is 4.39 Å². The van der Waals surface area contributed by atoms with Crippen LogP contribution < -0.4 is 5.32 Å². The van der Waals surface area contributed by atoms with E-state index in [1.807, 2.05) is 6.92 Å². The van der Waals surface area contributed by atoms with E-state index in [1.165, 1.54) is 18.2 Å². The van der Waals surface area contributed by atoms with Crippen molar-refractivity contribution in [1.29, 1.82) is 0 Å². The number of hydrogen-bond donors (Lipinski definition) is 1. The largest absolute Gasteiger partial charge is 0.352 e. The van der Waals surface area contributed by atoms with Crippen LogP contribution in [0.4, 0.5) is 4.39 Å². The van der Waals surface area contributed by atoms with E-state index in [9.17, 15) is 9.18 Å². The predicted molar refractivity (Wildman–Crippen MR) is 66.7 cm³/mol. The summed E-state index contributed by atoms with van der Waals surface area (Å²) in [4.78, 5) is 11.6. The number of halogens is 3. The van der Waals surface area contributed by atoms with Gasteiger partial charge < -0.3 is 5.32 Å². The molecule has 0 spiro atoms. The molecule has 0 fully saturated rings. The van der Waals surface area contributed by atoms with Crippen molar-refractivity contribution in [2.45, 2.75) is 6.92 Å².